The lowest BCUT2D eigenvalue weighted by Crippen LogP contribution is -2.41. The molecule has 2 aromatic carbocycles. The van der Waals surface area contributed by atoms with E-state index in [2.05, 4.69) is 25.5 Å². The van der Waals surface area contributed by atoms with Gasteiger partial charge in [-0.15, -0.1) is 33.3 Å². The molecule has 0 aliphatic rings. The van der Waals surface area contributed by atoms with Crippen molar-refractivity contribution in [1.29, 1.82) is 0 Å². The second-order valence-corrected chi connectivity index (χ2v) is 11.4. The molecule has 47 heavy (non-hydrogen) atoms. The predicted octanol–water partition coefficient (Wildman–Crippen LogP) is 10.2. The highest BCUT2D eigenvalue weighted by molar-refractivity contribution is 7.22. The molecule has 0 atom stereocenters. The normalized spacial score (nSPS) is 12.7. The molecule has 0 amide bonds. The van der Waals surface area contributed by atoms with E-state index in [0.717, 1.165) is 30.6 Å². The Labute approximate surface area is 268 Å². The van der Waals surface area contributed by atoms with Gasteiger partial charge < -0.3 is 14.2 Å². The molecule has 16 heteroatoms. The first-order chi connectivity index (χ1) is 21.8. The Kier molecular flexibility index (Phi) is 12.6. The minimum absolute atomic E-state index is 0.0126. The highest BCUT2D eigenvalue weighted by atomic mass is 32.1. The SMILES string of the molecule is C=C(C)C(=O)OCCC(F)(F)OC(F)(F)OC(F)(F)CCOc1ccc2cc(-c3ccc(CCCCC)cc3OC(F)(F)F)sc2c1. The van der Waals surface area contributed by atoms with Gasteiger partial charge in [-0.05, 0) is 67.1 Å². The summed E-state index contributed by atoms with van der Waals surface area (Å²) in [6.07, 6.45) is -19.6. The Morgan fingerprint density at radius 1 is 0.851 bits per heavy atom. The molecular formula is C31H31F9O6S. The van der Waals surface area contributed by atoms with Crippen LogP contribution < -0.4 is 9.47 Å². The summed E-state index contributed by atoms with van der Waals surface area (Å²) >= 11 is 1.07. The van der Waals surface area contributed by atoms with E-state index in [1.807, 2.05) is 6.92 Å². The number of benzene rings is 2. The van der Waals surface area contributed by atoms with Gasteiger partial charge in [0.05, 0.1) is 26.1 Å². The van der Waals surface area contributed by atoms with E-state index in [1.165, 1.54) is 37.3 Å². The van der Waals surface area contributed by atoms with Crippen molar-refractivity contribution in [2.45, 2.75) is 77.2 Å². The Morgan fingerprint density at radius 3 is 2.13 bits per heavy atom. The van der Waals surface area contributed by atoms with E-state index in [4.69, 9.17) is 4.74 Å². The molecule has 1 heterocycles. The fraction of sp³-hybridized carbons (Fsp3) is 0.452. The number of rotatable bonds is 18. The van der Waals surface area contributed by atoms with Crippen LogP contribution in [0.15, 0.2) is 54.6 Å². The van der Waals surface area contributed by atoms with Crippen molar-refractivity contribution in [3.8, 4) is 21.9 Å². The van der Waals surface area contributed by atoms with Crippen molar-refractivity contribution in [1.82, 2.24) is 0 Å². The summed E-state index contributed by atoms with van der Waals surface area (Å²) in [5.41, 5.74) is 0.722. The van der Waals surface area contributed by atoms with Crippen LogP contribution in [0.3, 0.4) is 0 Å². The van der Waals surface area contributed by atoms with Crippen LogP contribution in [0.4, 0.5) is 39.5 Å². The zero-order chi connectivity index (χ0) is 35.0. The number of carbonyl (C=O) groups is 1. The molecule has 3 aromatic rings. The monoisotopic (exact) mass is 702 g/mol. The van der Waals surface area contributed by atoms with Gasteiger partial charge >= 0.3 is 30.8 Å². The second-order valence-electron chi connectivity index (χ2n) is 10.4. The molecule has 0 unspecified atom stereocenters. The van der Waals surface area contributed by atoms with E-state index in [0.29, 0.717) is 26.9 Å². The Hall–Kier alpha value is -3.50. The molecule has 0 aliphatic carbocycles. The van der Waals surface area contributed by atoms with Crippen LogP contribution in [0.5, 0.6) is 11.5 Å². The van der Waals surface area contributed by atoms with Crippen LogP contribution in [0, 0.1) is 0 Å². The third-order valence-corrected chi connectivity index (χ3v) is 7.40. The van der Waals surface area contributed by atoms with E-state index in [-0.39, 0.29) is 22.6 Å². The zero-order valence-corrected chi connectivity index (χ0v) is 26.0. The molecule has 6 nitrogen and oxygen atoms in total. The molecule has 0 radical (unpaired) electrons. The first-order valence-corrected chi connectivity index (χ1v) is 15.0. The van der Waals surface area contributed by atoms with Crippen LogP contribution in [-0.4, -0.2) is 44.1 Å². The van der Waals surface area contributed by atoms with Gasteiger partial charge in [-0.1, -0.05) is 32.4 Å². The van der Waals surface area contributed by atoms with Gasteiger partial charge in [0.15, 0.2) is 0 Å². The van der Waals surface area contributed by atoms with E-state index in [1.54, 1.807) is 12.1 Å². The topological polar surface area (TPSA) is 63.2 Å². The number of unbranched alkanes of at least 4 members (excludes halogenated alkanes) is 2. The smallest absolute Gasteiger partial charge is 0.493 e. The third-order valence-electron chi connectivity index (χ3n) is 6.27. The quantitative estimate of drug-likeness (QED) is 0.0432. The lowest BCUT2D eigenvalue weighted by molar-refractivity contribution is -0.514. The number of hydrogen-bond acceptors (Lipinski definition) is 7. The lowest BCUT2D eigenvalue weighted by Gasteiger charge is -2.26. The van der Waals surface area contributed by atoms with E-state index < -0.39 is 56.9 Å². The molecule has 0 saturated heterocycles. The van der Waals surface area contributed by atoms with Crippen molar-refractivity contribution in [2.24, 2.45) is 0 Å². The lowest BCUT2D eigenvalue weighted by atomic mass is 10.0. The molecule has 0 N–H and O–H groups in total. The average Bonchev–Trinajstić information content (AvgIpc) is 3.34. The number of ether oxygens (including phenoxy) is 5. The molecular weight excluding hydrogens is 671 g/mol. The number of carbonyl (C=O) groups excluding carboxylic acids is 1. The molecule has 0 fully saturated rings. The number of hydrogen-bond donors (Lipinski definition) is 0. The maximum absolute atomic E-state index is 14.1. The molecule has 0 bridgehead atoms. The van der Waals surface area contributed by atoms with Crippen LogP contribution in [0.25, 0.3) is 20.5 Å². The highest BCUT2D eigenvalue weighted by Gasteiger charge is 2.52. The van der Waals surface area contributed by atoms with Gasteiger partial charge in [-0.2, -0.15) is 17.6 Å². The summed E-state index contributed by atoms with van der Waals surface area (Å²) in [5.74, 6) is -1.43. The van der Waals surface area contributed by atoms with Crippen LogP contribution in [0.1, 0.15) is 51.5 Å². The van der Waals surface area contributed by atoms with Gasteiger partial charge in [0.1, 0.15) is 11.5 Å². The fourth-order valence-electron chi connectivity index (χ4n) is 4.09. The first-order valence-electron chi connectivity index (χ1n) is 14.2. The molecule has 0 saturated carbocycles. The summed E-state index contributed by atoms with van der Waals surface area (Å²) in [4.78, 5) is 11.6. The Morgan fingerprint density at radius 2 is 1.51 bits per heavy atom. The number of thiophene rings is 1. The summed E-state index contributed by atoms with van der Waals surface area (Å²) < 4.78 is 143. The Bertz CT molecular complexity index is 1520. The fourth-order valence-corrected chi connectivity index (χ4v) is 5.21. The van der Waals surface area contributed by atoms with Crippen molar-refractivity contribution in [3.05, 3.63) is 60.2 Å². The molecule has 3 rings (SSSR count). The van der Waals surface area contributed by atoms with Gasteiger partial charge in [-0.25, -0.2) is 14.3 Å². The van der Waals surface area contributed by atoms with Crippen molar-refractivity contribution in [2.75, 3.05) is 13.2 Å². The van der Waals surface area contributed by atoms with Crippen LogP contribution >= 0.6 is 11.3 Å². The zero-order valence-electron chi connectivity index (χ0n) is 25.2. The summed E-state index contributed by atoms with van der Waals surface area (Å²) in [7, 11) is 0. The number of fused-ring (bicyclic) bond motifs is 1. The number of aryl methyl sites for hydroxylation is 1. The number of halogens is 9. The van der Waals surface area contributed by atoms with Crippen LogP contribution in [-0.2, 0) is 25.4 Å². The predicted molar refractivity (Wildman–Crippen MR) is 155 cm³/mol. The summed E-state index contributed by atoms with van der Waals surface area (Å²) in [6, 6.07) is 10.5. The summed E-state index contributed by atoms with van der Waals surface area (Å²) in [6.45, 7) is 4.46. The first kappa shape index (κ1) is 38.0. The molecule has 1 aromatic heterocycles. The standard InChI is InChI=1S/C31H31F9O6S/c1-4-5-6-7-20-8-11-23(24(16-20)44-30(36,37)38)26-17-21-9-10-22(18-25(21)47-26)42-14-12-28(32,33)45-31(39,40)46-29(34,35)13-15-43-27(41)19(2)3/h8-11,16-18H,2,4-7,12-15H2,1,3H3. The van der Waals surface area contributed by atoms with Crippen molar-refractivity contribution >= 4 is 27.4 Å². The number of esters is 1. The molecule has 0 aliphatic heterocycles. The maximum atomic E-state index is 14.1. The van der Waals surface area contributed by atoms with Gasteiger partial charge in [0, 0.05) is 20.7 Å². The highest BCUT2D eigenvalue weighted by Crippen LogP contribution is 2.42. The second kappa shape index (κ2) is 15.6. The Balaban J connectivity index is 1.63. The minimum Gasteiger partial charge on any atom is -0.493 e. The molecule has 0 spiro atoms. The van der Waals surface area contributed by atoms with Gasteiger partial charge in [-0.3, -0.25) is 0 Å². The van der Waals surface area contributed by atoms with Crippen LogP contribution in [0.2, 0.25) is 0 Å². The number of alkyl halides is 9. The van der Waals surface area contributed by atoms with Crippen molar-refractivity contribution < 1.29 is 68.0 Å². The minimum atomic E-state index is -5.43. The summed E-state index contributed by atoms with van der Waals surface area (Å²) in [5, 5.41) is 0.586. The maximum Gasteiger partial charge on any atom is 0.573 e. The van der Waals surface area contributed by atoms with Gasteiger partial charge in [0.2, 0.25) is 0 Å². The average molecular weight is 703 g/mol. The largest absolute Gasteiger partial charge is 0.573 e. The van der Waals surface area contributed by atoms with Gasteiger partial charge in [0.25, 0.3) is 0 Å². The third kappa shape index (κ3) is 12.6. The molecule has 260 valence electrons. The van der Waals surface area contributed by atoms with Crippen molar-refractivity contribution in [3.63, 3.8) is 0 Å². The van der Waals surface area contributed by atoms with E-state index in [9.17, 15) is 44.3 Å². The van der Waals surface area contributed by atoms with E-state index >= 15 is 0 Å².